The van der Waals surface area contributed by atoms with Crippen LogP contribution in [0.2, 0.25) is 10.0 Å². The molecule has 0 spiro atoms. The van der Waals surface area contributed by atoms with Crippen molar-refractivity contribution in [2.45, 2.75) is 19.8 Å². The van der Waals surface area contributed by atoms with E-state index in [1.54, 1.807) is 30.3 Å². The van der Waals surface area contributed by atoms with Crippen molar-refractivity contribution >= 4 is 58.1 Å². The second kappa shape index (κ2) is 10.6. The lowest BCUT2D eigenvalue weighted by atomic mass is 10.1. The average Bonchev–Trinajstić information content (AvgIpc) is 2.67. The number of benzene rings is 2. The van der Waals surface area contributed by atoms with Crippen molar-refractivity contribution in [1.29, 1.82) is 0 Å². The number of nitrogens with one attached hydrogen (secondary N) is 2. The molecule has 0 radical (unpaired) electrons. The van der Waals surface area contributed by atoms with Crippen LogP contribution in [0.5, 0.6) is 0 Å². The van der Waals surface area contributed by atoms with Crippen molar-refractivity contribution in [3.8, 4) is 0 Å². The molecule has 0 fully saturated rings. The Balaban J connectivity index is 1.71. The van der Waals surface area contributed by atoms with Gasteiger partial charge in [0.05, 0.1) is 17.1 Å². The van der Waals surface area contributed by atoms with E-state index in [2.05, 4.69) is 10.6 Å². The van der Waals surface area contributed by atoms with Crippen LogP contribution in [0.1, 0.15) is 30.1 Å². The van der Waals surface area contributed by atoms with Gasteiger partial charge in [0, 0.05) is 22.7 Å². The molecule has 0 saturated carbocycles. The molecule has 0 saturated heterocycles. The largest absolute Gasteiger partial charge is 0.456 e. The Kier molecular flexibility index (Phi) is 8.18. The van der Waals surface area contributed by atoms with Crippen LogP contribution in [-0.2, 0) is 19.1 Å². The maximum Gasteiger partial charge on any atom is 0.306 e. The number of rotatable bonds is 8. The minimum atomic E-state index is -0.690. The van der Waals surface area contributed by atoms with Gasteiger partial charge in [0.1, 0.15) is 0 Å². The monoisotopic (exact) mass is 436 g/mol. The minimum absolute atomic E-state index is 0.0759. The number of amides is 2. The SMILES string of the molecule is CC(=O)c1ccc(NC(=O)CCC(=O)OCC(=O)Nc2ccc(Cl)cc2Cl)cc1. The van der Waals surface area contributed by atoms with E-state index in [0.29, 0.717) is 22.0 Å². The Hall–Kier alpha value is -2.90. The van der Waals surface area contributed by atoms with Crippen LogP contribution in [0.4, 0.5) is 11.4 Å². The van der Waals surface area contributed by atoms with E-state index >= 15 is 0 Å². The molecule has 0 aromatic heterocycles. The zero-order chi connectivity index (χ0) is 21.4. The molecule has 0 aliphatic rings. The highest BCUT2D eigenvalue weighted by Gasteiger charge is 2.12. The number of Topliss-reactive ketones (excluding diaryl/α,β-unsaturated/α-hetero) is 1. The van der Waals surface area contributed by atoms with Crippen molar-refractivity contribution in [2.24, 2.45) is 0 Å². The fourth-order valence-electron chi connectivity index (χ4n) is 2.22. The summed E-state index contributed by atoms with van der Waals surface area (Å²) in [5, 5.41) is 5.78. The van der Waals surface area contributed by atoms with Gasteiger partial charge in [-0.15, -0.1) is 0 Å². The zero-order valence-corrected chi connectivity index (χ0v) is 17.0. The predicted molar refractivity (Wildman–Crippen MR) is 110 cm³/mol. The molecule has 0 aliphatic heterocycles. The molecule has 2 N–H and O–H groups in total. The molecule has 2 aromatic carbocycles. The van der Waals surface area contributed by atoms with E-state index in [1.165, 1.54) is 19.1 Å². The lowest BCUT2D eigenvalue weighted by Gasteiger charge is -2.09. The van der Waals surface area contributed by atoms with Crippen LogP contribution < -0.4 is 10.6 Å². The third kappa shape index (κ3) is 7.56. The van der Waals surface area contributed by atoms with Gasteiger partial charge in [-0.3, -0.25) is 19.2 Å². The zero-order valence-electron chi connectivity index (χ0n) is 15.5. The van der Waals surface area contributed by atoms with Crippen molar-refractivity contribution in [3.05, 3.63) is 58.1 Å². The van der Waals surface area contributed by atoms with E-state index in [1.807, 2.05) is 0 Å². The number of hydrogen-bond donors (Lipinski definition) is 2. The Morgan fingerprint density at radius 3 is 2.21 bits per heavy atom. The quantitative estimate of drug-likeness (QED) is 0.479. The minimum Gasteiger partial charge on any atom is -0.456 e. The highest BCUT2D eigenvalue weighted by atomic mass is 35.5. The Bertz CT molecular complexity index is 929. The first-order valence-corrected chi connectivity index (χ1v) is 9.31. The number of esters is 1. The summed E-state index contributed by atoms with van der Waals surface area (Å²) < 4.78 is 4.84. The van der Waals surface area contributed by atoms with E-state index in [0.717, 1.165) is 0 Å². The van der Waals surface area contributed by atoms with Gasteiger partial charge in [0.15, 0.2) is 12.4 Å². The highest BCUT2D eigenvalue weighted by molar-refractivity contribution is 6.36. The standard InChI is InChI=1S/C20H18Cl2N2O5/c1-12(25)13-2-5-15(6-3-13)23-18(26)8-9-20(28)29-11-19(27)24-17-7-4-14(21)10-16(17)22/h2-7,10H,8-9,11H2,1H3,(H,23,26)(H,24,27). The lowest BCUT2D eigenvalue weighted by Crippen LogP contribution is -2.22. The van der Waals surface area contributed by atoms with Crippen LogP contribution in [-0.4, -0.2) is 30.2 Å². The highest BCUT2D eigenvalue weighted by Crippen LogP contribution is 2.25. The maximum absolute atomic E-state index is 11.9. The molecular formula is C20H18Cl2N2O5. The van der Waals surface area contributed by atoms with Crippen molar-refractivity contribution < 1.29 is 23.9 Å². The average molecular weight is 437 g/mol. The van der Waals surface area contributed by atoms with Crippen LogP contribution in [0, 0.1) is 0 Å². The molecule has 152 valence electrons. The van der Waals surface area contributed by atoms with Gasteiger partial charge in [-0.05, 0) is 49.4 Å². The van der Waals surface area contributed by atoms with E-state index in [4.69, 9.17) is 27.9 Å². The third-order valence-electron chi connectivity index (χ3n) is 3.70. The molecule has 7 nitrogen and oxygen atoms in total. The summed E-state index contributed by atoms with van der Waals surface area (Å²) in [6.45, 7) is 0.940. The van der Waals surface area contributed by atoms with Gasteiger partial charge in [-0.25, -0.2) is 0 Å². The number of anilines is 2. The molecule has 9 heteroatoms. The second-order valence-electron chi connectivity index (χ2n) is 6.01. The molecule has 0 atom stereocenters. The van der Waals surface area contributed by atoms with Crippen LogP contribution in [0.25, 0.3) is 0 Å². The van der Waals surface area contributed by atoms with Gasteiger partial charge in [0.25, 0.3) is 5.91 Å². The Morgan fingerprint density at radius 2 is 1.59 bits per heavy atom. The van der Waals surface area contributed by atoms with Gasteiger partial charge >= 0.3 is 5.97 Å². The fourth-order valence-corrected chi connectivity index (χ4v) is 2.68. The summed E-state index contributed by atoms with van der Waals surface area (Å²) in [7, 11) is 0. The first kappa shape index (κ1) is 22.4. The number of ketones is 1. The summed E-state index contributed by atoms with van der Waals surface area (Å²) in [6.07, 6.45) is -0.301. The molecule has 2 amide bonds. The number of hydrogen-bond acceptors (Lipinski definition) is 5. The molecule has 0 heterocycles. The van der Waals surface area contributed by atoms with Crippen molar-refractivity contribution in [1.82, 2.24) is 0 Å². The smallest absolute Gasteiger partial charge is 0.306 e. The molecule has 0 unspecified atom stereocenters. The number of carbonyl (C=O) groups is 4. The summed E-state index contributed by atoms with van der Waals surface area (Å²) in [4.78, 5) is 46.7. The van der Waals surface area contributed by atoms with Crippen molar-refractivity contribution in [3.63, 3.8) is 0 Å². The molecule has 0 aliphatic carbocycles. The summed E-state index contributed by atoms with van der Waals surface area (Å²) in [6, 6.07) is 10.9. The van der Waals surface area contributed by atoms with Gasteiger partial charge in [-0.2, -0.15) is 0 Å². The number of carbonyl (C=O) groups excluding carboxylic acids is 4. The Labute approximate surface area is 177 Å². The first-order valence-electron chi connectivity index (χ1n) is 8.56. The maximum atomic E-state index is 11.9. The number of halogens is 2. The van der Waals surface area contributed by atoms with Crippen LogP contribution >= 0.6 is 23.2 Å². The van der Waals surface area contributed by atoms with Gasteiger partial charge < -0.3 is 15.4 Å². The predicted octanol–water partition coefficient (Wildman–Crippen LogP) is 4.10. The first-order chi connectivity index (χ1) is 13.7. The third-order valence-corrected chi connectivity index (χ3v) is 4.25. The second-order valence-corrected chi connectivity index (χ2v) is 6.86. The number of ether oxygens (including phenoxy) is 1. The van der Waals surface area contributed by atoms with Crippen molar-refractivity contribution in [2.75, 3.05) is 17.2 Å². The lowest BCUT2D eigenvalue weighted by molar-refractivity contribution is -0.147. The van der Waals surface area contributed by atoms with Crippen LogP contribution in [0.15, 0.2) is 42.5 Å². The summed E-state index contributed by atoms with van der Waals surface area (Å²) in [5.74, 6) is -1.73. The Morgan fingerprint density at radius 1 is 0.897 bits per heavy atom. The van der Waals surface area contributed by atoms with Crippen LogP contribution in [0.3, 0.4) is 0 Å². The van der Waals surface area contributed by atoms with E-state index < -0.39 is 24.4 Å². The summed E-state index contributed by atoms with van der Waals surface area (Å²) >= 11 is 11.7. The van der Waals surface area contributed by atoms with Gasteiger partial charge in [0.2, 0.25) is 5.91 Å². The van der Waals surface area contributed by atoms with E-state index in [-0.39, 0.29) is 23.6 Å². The molecule has 2 aromatic rings. The normalized spacial score (nSPS) is 10.2. The van der Waals surface area contributed by atoms with E-state index in [9.17, 15) is 19.2 Å². The molecular weight excluding hydrogens is 419 g/mol. The fraction of sp³-hybridized carbons (Fsp3) is 0.200. The topological polar surface area (TPSA) is 102 Å². The molecule has 29 heavy (non-hydrogen) atoms. The molecule has 0 bridgehead atoms. The van der Waals surface area contributed by atoms with Gasteiger partial charge in [-0.1, -0.05) is 23.2 Å². The molecule has 2 rings (SSSR count). The summed E-state index contributed by atoms with van der Waals surface area (Å²) in [5.41, 5.74) is 1.38.